The number of aliphatic hydroxyl groups is 1. The van der Waals surface area contributed by atoms with Crippen LogP contribution in [0.4, 0.5) is 4.39 Å². The van der Waals surface area contributed by atoms with E-state index >= 15 is 0 Å². The molecule has 1 atom stereocenters. The Labute approximate surface area is 84.7 Å². The molecule has 1 rings (SSSR count). The van der Waals surface area contributed by atoms with Crippen LogP contribution in [0.3, 0.4) is 0 Å². The van der Waals surface area contributed by atoms with E-state index in [0.717, 1.165) is 10.0 Å². The van der Waals surface area contributed by atoms with Crippen molar-refractivity contribution in [3.8, 4) is 0 Å². The van der Waals surface area contributed by atoms with Crippen molar-refractivity contribution in [2.45, 2.75) is 12.5 Å². The number of benzene rings is 1. The molecule has 0 aromatic heterocycles. The van der Waals surface area contributed by atoms with Crippen LogP contribution in [0.2, 0.25) is 0 Å². The van der Waals surface area contributed by atoms with Gasteiger partial charge in [0.15, 0.2) is 0 Å². The molecule has 0 saturated carbocycles. The minimum absolute atomic E-state index is 0.183. The summed E-state index contributed by atoms with van der Waals surface area (Å²) < 4.78 is 13.6. The summed E-state index contributed by atoms with van der Waals surface area (Å²) in [5, 5.41) is 9.26. The van der Waals surface area contributed by atoms with Crippen LogP contribution in [0, 0.1) is 5.82 Å². The van der Waals surface area contributed by atoms with Crippen LogP contribution in [0.25, 0.3) is 0 Å². The first-order valence-electron chi connectivity index (χ1n) is 3.95. The summed E-state index contributed by atoms with van der Waals surface area (Å²) >= 11 is 3.27. The van der Waals surface area contributed by atoms with E-state index in [1.165, 1.54) is 12.1 Å². The molecular formula is C9H11BrFNO. The first kappa shape index (κ1) is 10.6. The summed E-state index contributed by atoms with van der Waals surface area (Å²) in [6.07, 6.45) is -0.243. The van der Waals surface area contributed by atoms with Crippen LogP contribution in [-0.2, 0) is 6.42 Å². The van der Waals surface area contributed by atoms with Crippen LogP contribution >= 0.6 is 15.9 Å². The van der Waals surface area contributed by atoms with Crippen molar-refractivity contribution in [2.75, 3.05) is 6.54 Å². The molecule has 3 N–H and O–H groups in total. The Morgan fingerprint density at radius 1 is 1.54 bits per heavy atom. The van der Waals surface area contributed by atoms with E-state index in [9.17, 15) is 9.50 Å². The fourth-order valence-corrected chi connectivity index (χ4v) is 1.45. The highest BCUT2D eigenvalue weighted by Crippen LogP contribution is 2.19. The fourth-order valence-electron chi connectivity index (χ4n) is 1.04. The summed E-state index contributed by atoms with van der Waals surface area (Å²) in [4.78, 5) is 0. The van der Waals surface area contributed by atoms with Crippen molar-refractivity contribution in [3.05, 3.63) is 34.1 Å². The lowest BCUT2D eigenvalue weighted by Crippen LogP contribution is -2.22. The van der Waals surface area contributed by atoms with E-state index in [1.807, 2.05) is 0 Å². The zero-order valence-electron chi connectivity index (χ0n) is 7.00. The fraction of sp³-hybridized carbons (Fsp3) is 0.333. The van der Waals surface area contributed by atoms with Gasteiger partial charge in [-0.3, -0.25) is 0 Å². The number of nitrogens with two attached hydrogens (primary N) is 1. The molecule has 1 unspecified atom stereocenters. The molecule has 0 amide bonds. The van der Waals surface area contributed by atoms with E-state index in [2.05, 4.69) is 15.9 Å². The van der Waals surface area contributed by atoms with Crippen molar-refractivity contribution < 1.29 is 9.50 Å². The van der Waals surface area contributed by atoms with Gasteiger partial charge in [0.05, 0.1) is 6.10 Å². The van der Waals surface area contributed by atoms with Gasteiger partial charge in [0.25, 0.3) is 0 Å². The van der Waals surface area contributed by atoms with Crippen LogP contribution < -0.4 is 5.73 Å². The molecular weight excluding hydrogens is 237 g/mol. The second-order valence-electron chi connectivity index (χ2n) is 2.83. The number of rotatable bonds is 3. The zero-order valence-corrected chi connectivity index (χ0v) is 8.59. The predicted molar refractivity (Wildman–Crippen MR) is 52.9 cm³/mol. The minimum atomic E-state index is -0.613. The first-order valence-corrected chi connectivity index (χ1v) is 4.75. The molecule has 0 aliphatic heterocycles. The summed E-state index contributed by atoms with van der Waals surface area (Å²) in [7, 11) is 0. The van der Waals surface area contributed by atoms with Crippen LogP contribution in [0.5, 0.6) is 0 Å². The van der Waals surface area contributed by atoms with Gasteiger partial charge in [-0.15, -0.1) is 0 Å². The average Bonchev–Trinajstić information content (AvgIpc) is 2.11. The lowest BCUT2D eigenvalue weighted by Gasteiger charge is -2.09. The molecule has 2 nitrogen and oxygen atoms in total. The Bertz CT molecular complexity index is 293. The first-order chi connectivity index (χ1) is 6.13. The Morgan fingerprint density at radius 3 is 2.85 bits per heavy atom. The smallest absolute Gasteiger partial charge is 0.123 e. The van der Waals surface area contributed by atoms with Gasteiger partial charge < -0.3 is 10.8 Å². The third-order valence-electron chi connectivity index (χ3n) is 1.74. The lowest BCUT2D eigenvalue weighted by molar-refractivity contribution is 0.183. The molecule has 0 aliphatic carbocycles. The molecule has 72 valence electrons. The van der Waals surface area contributed by atoms with E-state index in [0.29, 0.717) is 6.42 Å². The van der Waals surface area contributed by atoms with Crippen molar-refractivity contribution in [2.24, 2.45) is 5.73 Å². The van der Waals surface area contributed by atoms with Crippen molar-refractivity contribution >= 4 is 15.9 Å². The number of hydrogen-bond acceptors (Lipinski definition) is 2. The predicted octanol–water partition coefficient (Wildman–Crippen LogP) is 1.45. The Balaban J connectivity index is 2.81. The quantitative estimate of drug-likeness (QED) is 0.850. The van der Waals surface area contributed by atoms with E-state index in [4.69, 9.17) is 5.73 Å². The third kappa shape index (κ3) is 3.06. The second kappa shape index (κ2) is 4.69. The maximum Gasteiger partial charge on any atom is 0.123 e. The molecule has 13 heavy (non-hydrogen) atoms. The lowest BCUT2D eigenvalue weighted by atomic mass is 10.1. The highest BCUT2D eigenvalue weighted by atomic mass is 79.9. The average molecular weight is 248 g/mol. The number of hydrogen-bond donors (Lipinski definition) is 2. The molecule has 0 heterocycles. The Kier molecular flexibility index (Phi) is 3.84. The van der Waals surface area contributed by atoms with Crippen molar-refractivity contribution in [1.82, 2.24) is 0 Å². The Morgan fingerprint density at radius 2 is 2.23 bits per heavy atom. The van der Waals surface area contributed by atoms with Gasteiger partial charge in [-0.25, -0.2) is 4.39 Å². The van der Waals surface area contributed by atoms with Crippen molar-refractivity contribution in [1.29, 1.82) is 0 Å². The largest absolute Gasteiger partial charge is 0.391 e. The van der Waals surface area contributed by atoms with E-state index in [-0.39, 0.29) is 12.4 Å². The second-order valence-corrected chi connectivity index (χ2v) is 3.68. The molecule has 1 aromatic rings. The van der Waals surface area contributed by atoms with Gasteiger partial charge in [0.1, 0.15) is 5.82 Å². The summed E-state index contributed by atoms with van der Waals surface area (Å²) in [5.41, 5.74) is 5.98. The number of aliphatic hydroxyl groups excluding tert-OH is 1. The molecule has 1 aromatic carbocycles. The normalized spacial score (nSPS) is 12.9. The highest BCUT2D eigenvalue weighted by Gasteiger charge is 2.07. The maximum atomic E-state index is 12.8. The topological polar surface area (TPSA) is 46.2 Å². The van der Waals surface area contributed by atoms with Crippen LogP contribution in [0.15, 0.2) is 22.7 Å². The highest BCUT2D eigenvalue weighted by molar-refractivity contribution is 9.10. The zero-order chi connectivity index (χ0) is 9.84. The maximum absolute atomic E-state index is 12.8. The van der Waals surface area contributed by atoms with Crippen LogP contribution in [0.1, 0.15) is 5.56 Å². The van der Waals surface area contributed by atoms with Gasteiger partial charge in [-0.05, 0) is 23.8 Å². The SMILES string of the molecule is NCC(O)Cc1cc(F)ccc1Br. The molecule has 4 heteroatoms. The standard InChI is InChI=1S/C9H11BrFNO/c10-9-2-1-7(11)3-6(9)4-8(13)5-12/h1-3,8,13H,4-5,12H2. The van der Waals surface area contributed by atoms with Gasteiger partial charge >= 0.3 is 0 Å². The summed E-state index contributed by atoms with van der Waals surface area (Å²) in [5.74, 6) is -0.303. The van der Waals surface area contributed by atoms with Crippen LogP contribution in [-0.4, -0.2) is 17.8 Å². The van der Waals surface area contributed by atoms with Gasteiger partial charge in [0, 0.05) is 17.4 Å². The number of halogens is 2. The van der Waals surface area contributed by atoms with Gasteiger partial charge in [-0.2, -0.15) is 0 Å². The molecule has 0 radical (unpaired) electrons. The monoisotopic (exact) mass is 247 g/mol. The van der Waals surface area contributed by atoms with Gasteiger partial charge in [-0.1, -0.05) is 15.9 Å². The Hall–Kier alpha value is -0.450. The van der Waals surface area contributed by atoms with Crippen molar-refractivity contribution in [3.63, 3.8) is 0 Å². The third-order valence-corrected chi connectivity index (χ3v) is 2.51. The summed E-state index contributed by atoms with van der Waals surface area (Å²) in [6.45, 7) is 0.183. The summed E-state index contributed by atoms with van der Waals surface area (Å²) in [6, 6.07) is 4.37. The van der Waals surface area contributed by atoms with Gasteiger partial charge in [0.2, 0.25) is 0 Å². The molecule has 0 aliphatic rings. The molecule has 0 fully saturated rings. The molecule has 0 bridgehead atoms. The minimum Gasteiger partial charge on any atom is -0.391 e. The van der Waals surface area contributed by atoms with E-state index < -0.39 is 6.10 Å². The molecule has 0 saturated heterocycles. The van der Waals surface area contributed by atoms with E-state index in [1.54, 1.807) is 6.07 Å². The molecule has 0 spiro atoms.